The third-order valence-corrected chi connectivity index (χ3v) is 2.35. The van der Waals surface area contributed by atoms with E-state index in [-0.39, 0.29) is 18.4 Å². The molecule has 14 heavy (non-hydrogen) atoms. The highest BCUT2D eigenvalue weighted by Gasteiger charge is 2.31. The molecule has 1 aliphatic heterocycles. The van der Waals surface area contributed by atoms with E-state index in [0.29, 0.717) is 19.1 Å². The zero-order valence-corrected chi connectivity index (χ0v) is 8.90. The number of likely N-dealkylation sites (tertiary alicyclic amines) is 1. The molecule has 0 atom stereocenters. The van der Waals surface area contributed by atoms with Crippen molar-refractivity contribution in [3.63, 3.8) is 0 Å². The van der Waals surface area contributed by atoms with E-state index in [1.54, 1.807) is 0 Å². The van der Waals surface area contributed by atoms with Crippen LogP contribution in [0.3, 0.4) is 0 Å². The first-order valence-electron chi connectivity index (χ1n) is 5.12. The van der Waals surface area contributed by atoms with E-state index in [9.17, 15) is 4.79 Å². The molecule has 0 aromatic carbocycles. The second-order valence-corrected chi connectivity index (χ2v) is 4.06. The maximum Gasteiger partial charge on any atom is 0.225 e. The monoisotopic (exact) mass is 201 g/mol. The zero-order valence-electron chi connectivity index (χ0n) is 8.90. The maximum absolute atomic E-state index is 11.4. The van der Waals surface area contributed by atoms with Crippen molar-refractivity contribution in [3.8, 4) is 0 Å². The largest absolute Gasteiger partial charge is 0.394 e. The first-order valence-corrected chi connectivity index (χ1v) is 5.12. The van der Waals surface area contributed by atoms with Gasteiger partial charge in [-0.05, 0) is 0 Å². The quantitative estimate of drug-likeness (QED) is 0.642. The van der Waals surface area contributed by atoms with E-state index in [2.05, 4.69) is 0 Å². The molecule has 0 aromatic rings. The summed E-state index contributed by atoms with van der Waals surface area (Å²) in [7, 11) is 0. The van der Waals surface area contributed by atoms with Crippen LogP contribution < -0.4 is 0 Å². The van der Waals surface area contributed by atoms with Crippen LogP contribution in [0.15, 0.2) is 0 Å². The Kier molecular flexibility index (Phi) is 4.35. The summed E-state index contributed by atoms with van der Waals surface area (Å²) in [5, 5.41) is 8.49. The Morgan fingerprint density at radius 2 is 2.21 bits per heavy atom. The molecule has 0 unspecified atom stereocenters. The van der Waals surface area contributed by atoms with Crippen molar-refractivity contribution >= 4 is 5.91 Å². The maximum atomic E-state index is 11.4. The molecule has 1 heterocycles. The topological polar surface area (TPSA) is 49.8 Å². The van der Waals surface area contributed by atoms with E-state index in [0.717, 1.165) is 13.1 Å². The van der Waals surface area contributed by atoms with Gasteiger partial charge in [-0.2, -0.15) is 0 Å². The van der Waals surface area contributed by atoms with Gasteiger partial charge in [-0.3, -0.25) is 4.79 Å². The molecule has 1 N–H and O–H groups in total. The fourth-order valence-electron chi connectivity index (χ4n) is 1.53. The van der Waals surface area contributed by atoms with E-state index in [4.69, 9.17) is 9.84 Å². The zero-order chi connectivity index (χ0) is 10.6. The average molecular weight is 201 g/mol. The summed E-state index contributed by atoms with van der Waals surface area (Å²) in [5.41, 5.74) is 0. The van der Waals surface area contributed by atoms with Crippen molar-refractivity contribution < 1.29 is 14.6 Å². The summed E-state index contributed by atoms with van der Waals surface area (Å²) in [6.07, 6.45) is 0. The molecule has 1 rings (SSSR count). The normalized spacial score (nSPS) is 17.3. The van der Waals surface area contributed by atoms with Crippen molar-refractivity contribution in [3.05, 3.63) is 0 Å². The van der Waals surface area contributed by atoms with Gasteiger partial charge in [0.1, 0.15) is 0 Å². The van der Waals surface area contributed by atoms with Crippen LogP contribution in [-0.4, -0.2) is 48.8 Å². The summed E-state index contributed by atoms with van der Waals surface area (Å²) in [5.74, 6) is 0.780. The number of hydrogen-bond donors (Lipinski definition) is 1. The van der Waals surface area contributed by atoms with Crippen molar-refractivity contribution in [2.45, 2.75) is 13.8 Å². The highest BCUT2D eigenvalue weighted by atomic mass is 16.5. The van der Waals surface area contributed by atoms with E-state index in [1.165, 1.54) is 0 Å². The summed E-state index contributed by atoms with van der Waals surface area (Å²) in [6.45, 7) is 6.57. The molecular formula is C10H19NO3. The Hall–Kier alpha value is -0.610. The molecular weight excluding hydrogens is 182 g/mol. The van der Waals surface area contributed by atoms with Crippen molar-refractivity contribution in [2.75, 3.05) is 32.9 Å². The van der Waals surface area contributed by atoms with Gasteiger partial charge in [0.2, 0.25) is 5.91 Å². The third-order valence-electron chi connectivity index (χ3n) is 2.35. The van der Waals surface area contributed by atoms with Crippen molar-refractivity contribution in [1.82, 2.24) is 4.90 Å². The molecule has 1 amide bonds. The minimum atomic E-state index is 0.0708. The van der Waals surface area contributed by atoms with E-state index < -0.39 is 0 Å². The lowest BCUT2D eigenvalue weighted by molar-refractivity contribution is -0.142. The van der Waals surface area contributed by atoms with Crippen LogP contribution in [0.1, 0.15) is 13.8 Å². The van der Waals surface area contributed by atoms with Gasteiger partial charge in [-0.25, -0.2) is 0 Å². The van der Waals surface area contributed by atoms with Crippen LogP contribution in [0.25, 0.3) is 0 Å². The Morgan fingerprint density at radius 3 is 2.71 bits per heavy atom. The second kappa shape index (κ2) is 5.32. The summed E-state index contributed by atoms with van der Waals surface area (Å²) >= 11 is 0. The molecule has 4 nitrogen and oxygen atoms in total. The third kappa shape index (κ3) is 2.96. The van der Waals surface area contributed by atoms with Crippen LogP contribution in [0.5, 0.6) is 0 Å². The van der Waals surface area contributed by atoms with Crippen LogP contribution >= 0.6 is 0 Å². The first-order chi connectivity index (χ1) is 6.65. The number of aliphatic hydroxyl groups excluding tert-OH is 1. The van der Waals surface area contributed by atoms with Gasteiger partial charge in [0.15, 0.2) is 0 Å². The molecule has 0 spiro atoms. The smallest absolute Gasteiger partial charge is 0.225 e. The second-order valence-electron chi connectivity index (χ2n) is 4.06. The lowest BCUT2D eigenvalue weighted by Crippen LogP contribution is -2.52. The van der Waals surface area contributed by atoms with Gasteiger partial charge < -0.3 is 14.7 Å². The molecule has 82 valence electrons. The van der Waals surface area contributed by atoms with Gasteiger partial charge in [-0.15, -0.1) is 0 Å². The Bertz CT molecular complexity index is 188. The summed E-state index contributed by atoms with van der Waals surface area (Å²) in [4.78, 5) is 13.3. The van der Waals surface area contributed by atoms with Crippen molar-refractivity contribution in [2.24, 2.45) is 11.8 Å². The Labute approximate surface area is 84.8 Å². The van der Waals surface area contributed by atoms with E-state index >= 15 is 0 Å². The molecule has 1 aliphatic rings. The minimum Gasteiger partial charge on any atom is -0.394 e. The predicted molar refractivity (Wildman–Crippen MR) is 52.8 cm³/mol. The van der Waals surface area contributed by atoms with Gasteiger partial charge in [-0.1, -0.05) is 13.8 Å². The number of aliphatic hydroxyl groups is 1. The number of carbonyl (C=O) groups is 1. The number of amides is 1. The van der Waals surface area contributed by atoms with Crippen LogP contribution in [0, 0.1) is 11.8 Å². The first kappa shape index (κ1) is 11.5. The van der Waals surface area contributed by atoms with Gasteiger partial charge in [0.25, 0.3) is 0 Å². The number of ether oxygens (including phenoxy) is 1. The molecule has 1 saturated heterocycles. The predicted octanol–water partition coefficient (Wildman–Crippen LogP) is 0.110. The fraction of sp³-hybridized carbons (Fsp3) is 0.900. The molecule has 0 aromatic heterocycles. The highest BCUT2D eigenvalue weighted by Crippen LogP contribution is 2.18. The lowest BCUT2D eigenvalue weighted by Gasteiger charge is -2.40. The number of hydrogen-bond acceptors (Lipinski definition) is 3. The summed E-state index contributed by atoms with van der Waals surface area (Å²) in [6, 6.07) is 0. The SMILES string of the molecule is CC(C)C(=O)N1CC(COCCO)C1. The van der Waals surface area contributed by atoms with Crippen LogP contribution in [-0.2, 0) is 9.53 Å². The van der Waals surface area contributed by atoms with Gasteiger partial charge in [0.05, 0.1) is 19.8 Å². The lowest BCUT2D eigenvalue weighted by atomic mass is 9.99. The van der Waals surface area contributed by atoms with E-state index in [1.807, 2.05) is 18.7 Å². The molecule has 0 bridgehead atoms. The Balaban J connectivity index is 2.08. The van der Waals surface area contributed by atoms with Crippen LogP contribution in [0.2, 0.25) is 0 Å². The molecule has 0 saturated carbocycles. The average Bonchev–Trinajstić information content (AvgIpc) is 2.08. The van der Waals surface area contributed by atoms with Gasteiger partial charge in [0, 0.05) is 24.9 Å². The summed E-state index contributed by atoms with van der Waals surface area (Å²) < 4.78 is 5.19. The number of rotatable bonds is 5. The fourth-order valence-corrected chi connectivity index (χ4v) is 1.53. The van der Waals surface area contributed by atoms with Gasteiger partial charge >= 0.3 is 0 Å². The number of nitrogens with zero attached hydrogens (tertiary/aromatic N) is 1. The molecule has 4 heteroatoms. The minimum absolute atomic E-state index is 0.0708. The standard InChI is InChI=1S/C10H19NO3/c1-8(2)10(13)11-5-9(6-11)7-14-4-3-12/h8-9,12H,3-7H2,1-2H3. The molecule has 1 fully saturated rings. The highest BCUT2D eigenvalue weighted by molar-refractivity contribution is 5.78. The Morgan fingerprint density at radius 1 is 1.57 bits per heavy atom. The van der Waals surface area contributed by atoms with Crippen molar-refractivity contribution in [1.29, 1.82) is 0 Å². The molecule has 0 aliphatic carbocycles. The van der Waals surface area contributed by atoms with Crippen LogP contribution in [0.4, 0.5) is 0 Å². The number of carbonyl (C=O) groups excluding carboxylic acids is 1. The molecule has 0 radical (unpaired) electrons.